The number of nitrogens with zero attached hydrogens (tertiary/aromatic N) is 1. The highest BCUT2D eigenvalue weighted by atomic mass is 35.5. The number of hydrogen-bond acceptors (Lipinski definition) is 3. The predicted molar refractivity (Wildman–Crippen MR) is 72.4 cm³/mol. The van der Waals surface area contributed by atoms with Crippen LogP contribution in [0.4, 0.5) is 15.8 Å². The van der Waals surface area contributed by atoms with Gasteiger partial charge in [-0.25, -0.2) is 4.39 Å². The van der Waals surface area contributed by atoms with Crippen molar-refractivity contribution in [2.45, 2.75) is 0 Å². The Morgan fingerprint density at radius 3 is 2.74 bits per heavy atom. The second-order valence-electron chi connectivity index (χ2n) is 3.74. The number of rotatable bonds is 3. The van der Waals surface area contributed by atoms with Gasteiger partial charge in [0, 0.05) is 6.07 Å². The number of halogens is 2. The quantitative estimate of drug-likeness (QED) is 0.918. The smallest absolute Gasteiger partial charge is 0.146 e. The number of anilines is 2. The minimum Gasteiger partial charge on any atom is -0.497 e. The molecular weight excluding hydrogens is 267 g/mol. The summed E-state index contributed by atoms with van der Waals surface area (Å²) in [6.07, 6.45) is 0. The van der Waals surface area contributed by atoms with Crippen LogP contribution in [0, 0.1) is 17.1 Å². The van der Waals surface area contributed by atoms with Crippen molar-refractivity contribution < 1.29 is 9.13 Å². The molecule has 0 amide bonds. The molecule has 0 atom stereocenters. The largest absolute Gasteiger partial charge is 0.497 e. The van der Waals surface area contributed by atoms with Crippen LogP contribution >= 0.6 is 11.6 Å². The van der Waals surface area contributed by atoms with Gasteiger partial charge in [0.25, 0.3) is 0 Å². The van der Waals surface area contributed by atoms with Gasteiger partial charge >= 0.3 is 0 Å². The first-order chi connectivity index (χ1) is 9.15. The van der Waals surface area contributed by atoms with E-state index in [1.54, 1.807) is 18.2 Å². The van der Waals surface area contributed by atoms with E-state index < -0.39 is 5.82 Å². The van der Waals surface area contributed by atoms with E-state index in [1.807, 2.05) is 6.07 Å². The third-order valence-corrected chi connectivity index (χ3v) is 2.88. The molecule has 0 bridgehead atoms. The van der Waals surface area contributed by atoms with Gasteiger partial charge in [-0.3, -0.25) is 0 Å². The standard InChI is InChI=1S/C14H10ClFN2O/c1-19-9-5-6-12(16)14(7-9)18-13-4-2-3-11(15)10(13)8-17/h2-7,18H,1H3. The van der Waals surface area contributed by atoms with Gasteiger partial charge in [0.2, 0.25) is 0 Å². The molecule has 5 heteroatoms. The fourth-order valence-electron chi connectivity index (χ4n) is 1.61. The van der Waals surface area contributed by atoms with Gasteiger partial charge in [-0.1, -0.05) is 17.7 Å². The summed E-state index contributed by atoms with van der Waals surface area (Å²) in [6, 6.07) is 11.2. The summed E-state index contributed by atoms with van der Waals surface area (Å²) in [7, 11) is 1.50. The van der Waals surface area contributed by atoms with E-state index in [0.717, 1.165) is 0 Å². The topological polar surface area (TPSA) is 45.0 Å². The summed E-state index contributed by atoms with van der Waals surface area (Å²) < 4.78 is 18.7. The summed E-state index contributed by atoms with van der Waals surface area (Å²) in [5, 5.41) is 12.2. The lowest BCUT2D eigenvalue weighted by Gasteiger charge is -2.11. The molecule has 2 rings (SSSR count). The average Bonchev–Trinajstić information content (AvgIpc) is 2.41. The molecule has 0 aliphatic heterocycles. The van der Waals surface area contributed by atoms with Gasteiger partial charge in [-0.05, 0) is 24.3 Å². The van der Waals surface area contributed by atoms with Crippen molar-refractivity contribution in [3.63, 3.8) is 0 Å². The van der Waals surface area contributed by atoms with Gasteiger partial charge < -0.3 is 10.1 Å². The van der Waals surface area contributed by atoms with Crippen molar-refractivity contribution in [3.05, 3.63) is 52.8 Å². The van der Waals surface area contributed by atoms with E-state index in [0.29, 0.717) is 16.5 Å². The van der Waals surface area contributed by atoms with Crippen LogP contribution in [0.1, 0.15) is 5.56 Å². The summed E-state index contributed by atoms with van der Waals surface area (Å²) in [5.74, 6) is 0.0779. The maximum atomic E-state index is 13.7. The summed E-state index contributed by atoms with van der Waals surface area (Å²) in [6.45, 7) is 0. The summed E-state index contributed by atoms with van der Waals surface area (Å²) in [4.78, 5) is 0. The van der Waals surface area contributed by atoms with Gasteiger partial charge in [-0.2, -0.15) is 5.26 Å². The van der Waals surface area contributed by atoms with Crippen molar-refractivity contribution in [2.75, 3.05) is 12.4 Å². The Labute approximate surface area is 115 Å². The molecule has 96 valence electrons. The lowest BCUT2D eigenvalue weighted by atomic mass is 10.2. The lowest BCUT2D eigenvalue weighted by molar-refractivity contribution is 0.414. The molecule has 19 heavy (non-hydrogen) atoms. The van der Waals surface area contributed by atoms with Crippen molar-refractivity contribution in [2.24, 2.45) is 0 Å². The zero-order valence-electron chi connectivity index (χ0n) is 10.1. The number of hydrogen-bond donors (Lipinski definition) is 1. The molecule has 0 saturated carbocycles. The van der Waals surface area contributed by atoms with E-state index >= 15 is 0 Å². The molecular formula is C14H10ClFN2O. The Hall–Kier alpha value is -2.25. The fraction of sp³-hybridized carbons (Fsp3) is 0.0714. The van der Waals surface area contributed by atoms with E-state index in [1.165, 1.54) is 25.3 Å². The van der Waals surface area contributed by atoms with Crippen molar-refractivity contribution in [1.82, 2.24) is 0 Å². The van der Waals surface area contributed by atoms with Gasteiger partial charge in [-0.15, -0.1) is 0 Å². The van der Waals surface area contributed by atoms with Crippen LogP contribution < -0.4 is 10.1 Å². The maximum Gasteiger partial charge on any atom is 0.146 e. The highest BCUT2D eigenvalue weighted by molar-refractivity contribution is 6.32. The van der Waals surface area contributed by atoms with E-state index in [-0.39, 0.29) is 11.3 Å². The van der Waals surface area contributed by atoms with Crippen LogP contribution in [0.5, 0.6) is 5.75 Å². The minimum atomic E-state index is -0.440. The number of ether oxygens (including phenoxy) is 1. The first-order valence-electron chi connectivity index (χ1n) is 5.45. The highest BCUT2D eigenvalue weighted by Gasteiger charge is 2.09. The van der Waals surface area contributed by atoms with Crippen LogP contribution in [0.15, 0.2) is 36.4 Å². The third-order valence-electron chi connectivity index (χ3n) is 2.57. The van der Waals surface area contributed by atoms with Crippen LogP contribution in [0.2, 0.25) is 5.02 Å². The molecule has 0 radical (unpaired) electrons. The van der Waals surface area contributed by atoms with E-state index in [9.17, 15) is 4.39 Å². The zero-order valence-corrected chi connectivity index (χ0v) is 10.8. The molecule has 0 aliphatic rings. The zero-order chi connectivity index (χ0) is 13.8. The molecule has 0 spiro atoms. The fourth-order valence-corrected chi connectivity index (χ4v) is 1.83. The molecule has 0 aromatic heterocycles. The first kappa shape index (κ1) is 13.2. The minimum absolute atomic E-state index is 0.220. The predicted octanol–water partition coefficient (Wildman–Crippen LogP) is 4.10. The van der Waals surface area contributed by atoms with Crippen LogP contribution in [-0.2, 0) is 0 Å². The van der Waals surface area contributed by atoms with Crippen molar-refractivity contribution in [1.29, 1.82) is 5.26 Å². The highest BCUT2D eigenvalue weighted by Crippen LogP contribution is 2.29. The Balaban J connectivity index is 2.42. The molecule has 0 fully saturated rings. The summed E-state index contributed by atoms with van der Waals surface area (Å²) >= 11 is 5.91. The van der Waals surface area contributed by atoms with Crippen molar-refractivity contribution >= 4 is 23.0 Å². The third kappa shape index (κ3) is 2.78. The van der Waals surface area contributed by atoms with Gasteiger partial charge in [0.1, 0.15) is 17.6 Å². The molecule has 0 saturated heterocycles. The second-order valence-corrected chi connectivity index (χ2v) is 4.15. The Bertz CT molecular complexity index is 652. The number of nitriles is 1. The lowest BCUT2D eigenvalue weighted by Crippen LogP contribution is -1.97. The van der Waals surface area contributed by atoms with E-state index in [2.05, 4.69) is 5.32 Å². The molecule has 2 aromatic rings. The maximum absolute atomic E-state index is 13.7. The summed E-state index contributed by atoms with van der Waals surface area (Å²) in [5.41, 5.74) is 0.937. The molecule has 0 aliphatic carbocycles. The Morgan fingerprint density at radius 2 is 2.05 bits per heavy atom. The Kier molecular flexibility index (Phi) is 3.88. The van der Waals surface area contributed by atoms with Crippen LogP contribution in [0.3, 0.4) is 0 Å². The van der Waals surface area contributed by atoms with E-state index in [4.69, 9.17) is 21.6 Å². The molecule has 3 nitrogen and oxygen atoms in total. The van der Waals surface area contributed by atoms with Gasteiger partial charge in [0.15, 0.2) is 0 Å². The SMILES string of the molecule is COc1ccc(F)c(Nc2cccc(Cl)c2C#N)c1. The second kappa shape index (κ2) is 5.59. The number of methoxy groups -OCH3 is 1. The average molecular weight is 277 g/mol. The number of nitrogens with one attached hydrogen (secondary N) is 1. The Morgan fingerprint density at radius 1 is 1.26 bits per heavy atom. The molecule has 0 unspecified atom stereocenters. The van der Waals surface area contributed by atoms with Gasteiger partial charge in [0.05, 0.1) is 29.1 Å². The molecule has 2 aromatic carbocycles. The normalized spacial score (nSPS) is 9.79. The monoisotopic (exact) mass is 276 g/mol. The van der Waals surface area contributed by atoms with Crippen LogP contribution in [0.25, 0.3) is 0 Å². The van der Waals surface area contributed by atoms with Crippen molar-refractivity contribution in [3.8, 4) is 11.8 Å². The van der Waals surface area contributed by atoms with Crippen LogP contribution in [-0.4, -0.2) is 7.11 Å². The molecule has 1 N–H and O–H groups in total. The first-order valence-corrected chi connectivity index (χ1v) is 5.82. The number of benzene rings is 2. The molecule has 0 heterocycles.